The molecule has 0 aliphatic heterocycles. The molecule has 0 spiro atoms. The predicted molar refractivity (Wildman–Crippen MR) is 49.8 cm³/mol. The topological polar surface area (TPSA) is 88.4 Å². The zero-order chi connectivity index (χ0) is 10.6. The first-order chi connectivity index (χ1) is 6.49. The Morgan fingerprint density at radius 3 is 2.43 bits per heavy atom. The van der Waals surface area contributed by atoms with E-state index in [1.165, 1.54) is 17.1 Å². The lowest BCUT2D eigenvalue weighted by Crippen LogP contribution is -2.25. The van der Waals surface area contributed by atoms with Gasteiger partial charge >= 0.3 is 5.97 Å². The van der Waals surface area contributed by atoms with Crippen LogP contribution >= 0.6 is 0 Å². The van der Waals surface area contributed by atoms with Gasteiger partial charge in [-0.2, -0.15) is 0 Å². The number of aromatic nitrogens is 1. The standard InChI is InChI=1S/C7H10N2O4S/c10-7(11)3-6-14(12,13)8-9-4-1-2-5-9/h1-2,4-5,8H,3,6H2,(H,10,11). The van der Waals surface area contributed by atoms with Crippen LogP contribution in [0.4, 0.5) is 0 Å². The molecule has 78 valence electrons. The number of rotatable bonds is 5. The lowest BCUT2D eigenvalue weighted by Gasteiger charge is -2.06. The van der Waals surface area contributed by atoms with Gasteiger partial charge in [-0.15, -0.1) is 0 Å². The van der Waals surface area contributed by atoms with Gasteiger partial charge < -0.3 is 5.11 Å². The van der Waals surface area contributed by atoms with E-state index in [-0.39, 0.29) is 0 Å². The molecule has 0 atom stereocenters. The third-order valence-corrected chi connectivity index (χ3v) is 2.66. The van der Waals surface area contributed by atoms with Crippen LogP contribution < -0.4 is 4.83 Å². The summed E-state index contributed by atoms with van der Waals surface area (Å²) in [5, 5.41) is 8.30. The Balaban J connectivity index is 2.55. The number of carboxylic acids is 1. The van der Waals surface area contributed by atoms with Gasteiger partial charge in [-0.25, -0.2) is 13.2 Å². The van der Waals surface area contributed by atoms with Gasteiger partial charge in [-0.3, -0.25) is 9.47 Å². The van der Waals surface area contributed by atoms with E-state index in [1.807, 2.05) is 0 Å². The second-order valence-electron chi connectivity index (χ2n) is 2.64. The lowest BCUT2D eigenvalue weighted by atomic mass is 10.5. The van der Waals surface area contributed by atoms with Crippen molar-refractivity contribution in [2.45, 2.75) is 6.42 Å². The first kappa shape index (κ1) is 10.6. The number of carbonyl (C=O) groups is 1. The van der Waals surface area contributed by atoms with Crippen molar-refractivity contribution in [3.05, 3.63) is 24.5 Å². The first-order valence-electron chi connectivity index (χ1n) is 3.85. The van der Waals surface area contributed by atoms with E-state index in [4.69, 9.17) is 5.11 Å². The average molecular weight is 218 g/mol. The Bertz CT molecular complexity index is 395. The smallest absolute Gasteiger partial charge is 0.304 e. The minimum atomic E-state index is -3.57. The Morgan fingerprint density at radius 2 is 1.93 bits per heavy atom. The maximum absolute atomic E-state index is 11.2. The Hall–Kier alpha value is -1.50. The van der Waals surface area contributed by atoms with Crippen molar-refractivity contribution in [2.24, 2.45) is 0 Å². The maximum atomic E-state index is 11.2. The largest absolute Gasteiger partial charge is 0.481 e. The molecule has 0 unspecified atom stereocenters. The normalized spacial score (nSPS) is 11.1. The minimum absolute atomic E-state index is 0.406. The fourth-order valence-electron chi connectivity index (χ4n) is 0.823. The molecule has 1 aromatic heterocycles. The summed E-state index contributed by atoms with van der Waals surface area (Å²) in [4.78, 5) is 12.3. The predicted octanol–water partition coefficient (Wildman–Crippen LogP) is -0.164. The molecule has 14 heavy (non-hydrogen) atoms. The quantitative estimate of drug-likeness (QED) is 0.718. The summed E-state index contributed by atoms with van der Waals surface area (Å²) in [5.74, 6) is -1.57. The second kappa shape index (κ2) is 4.14. The van der Waals surface area contributed by atoms with Gasteiger partial charge in [0.1, 0.15) is 0 Å². The van der Waals surface area contributed by atoms with Crippen LogP contribution in [0.3, 0.4) is 0 Å². The van der Waals surface area contributed by atoms with Crippen molar-refractivity contribution in [2.75, 3.05) is 10.6 Å². The van der Waals surface area contributed by atoms with E-state index in [0.717, 1.165) is 0 Å². The molecule has 1 heterocycles. The van der Waals surface area contributed by atoms with Crippen molar-refractivity contribution in [1.29, 1.82) is 0 Å². The molecule has 0 fully saturated rings. The molecule has 0 amide bonds. The molecule has 0 radical (unpaired) electrons. The average Bonchev–Trinajstić information content (AvgIpc) is 2.53. The van der Waals surface area contributed by atoms with Crippen molar-refractivity contribution in [3.63, 3.8) is 0 Å². The highest BCUT2D eigenvalue weighted by Gasteiger charge is 2.11. The van der Waals surface area contributed by atoms with Crippen LogP contribution in [-0.4, -0.2) is 29.9 Å². The van der Waals surface area contributed by atoms with Crippen molar-refractivity contribution >= 4 is 16.0 Å². The van der Waals surface area contributed by atoms with Gasteiger partial charge in [0.25, 0.3) is 0 Å². The maximum Gasteiger partial charge on any atom is 0.304 e. The van der Waals surface area contributed by atoms with E-state index in [0.29, 0.717) is 0 Å². The molecule has 0 bridgehead atoms. The van der Waals surface area contributed by atoms with Gasteiger partial charge in [0, 0.05) is 12.4 Å². The summed E-state index contributed by atoms with van der Waals surface area (Å²) in [7, 11) is -3.57. The Labute approximate surface area is 81.2 Å². The van der Waals surface area contributed by atoms with Crippen LogP contribution in [0.2, 0.25) is 0 Å². The molecule has 7 heteroatoms. The Kier molecular flexibility index (Phi) is 3.13. The molecular formula is C7H10N2O4S. The Morgan fingerprint density at radius 1 is 1.36 bits per heavy atom. The van der Waals surface area contributed by atoms with Gasteiger partial charge in [0.15, 0.2) is 0 Å². The van der Waals surface area contributed by atoms with E-state index in [9.17, 15) is 13.2 Å². The zero-order valence-corrected chi connectivity index (χ0v) is 8.07. The molecule has 0 aliphatic carbocycles. The summed E-state index contributed by atoms with van der Waals surface area (Å²) >= 11 is 0. The van der Waals surface area contributed by atoms with Crippen LogP contribution in [0.1, 0.15) is 6.42 Å². The molecule has 0 aromatic carbocycles. The third-order valence-electron chi connectivity index (χ3n) is 1.43. The second-order valence-corrected chi connectivity index (χ2v) is 4.46. The van der Waals surface area contributed by atoms with E-state index in [2.05, 4.69) is 4.83 Å². The van der Waals surface area contributed by atoms with E-state index >= 15 is 0 Å². The summed E-state index contributed by atoms with van der Waals surface area (Å²) in [6, 6.07) is 3.30. The van der Waals surface area contributed by atoms with E-state index in [1.54, 1.807) is 12.1 Å². The summed E-state index contributed by atoms with van der Waals surface area (Å²) in [5.41, 5.74) is 0. The molecule has 0 saturated heterocycles. The third kappa shape index (κ3) is 3.48. The van der Waals surface area contributed by atoms with Crippen molar-refractivity contribution in [1.82, 2.24) is 4.68 Å². The SMILES string of the molecule is O=C(O)CCS(=O)(=O)Nn1cccc1. The summed E-state index contributed by atoms with van der Waals surface area (Å²) in [6.07, 6.45) is 2.62. The van der Waals surface area contributed by atoms with E-state index < -0.39 is 28.2 Å². The fourth-order valence-corrected chi connectivity index (χ4v) is 1.80. The molecule has 0 aliphatic rings. The van der Waals surface area contributed by atoms with Gasteiger partial charge in [0.05, 0.1) is 12.2 Å². The van der Waals surface area contributed by atoms with Gasteiger partial charge in [-0.1, -0.05) is 0 Å². The van der Waals surface area contributed by atoms with Crippen molar-refractivity contribution < 1.29 is 18.3 Å². The van der Waals surface area contributed by atoms with Crippen LogP contribution in [0.25, 0.3) is 0 Å². The number of nitrogens with one attached hydrogen (secondary N) is 1. The van der Waals surface area contributed by atoms with Gasteiger partial charge in [-0.05, 0) is 12.1 Å². The minimum Gasteiger partial charge on any atom is -0.481 e. The van der Waals surface area contributed by atoms with Crippen LogP contribution in [-0.2, 0) is 14.8 Å². The summed E-state index contributed by atoms with van der Waals surface area (Å²) < 4.78 is 23.7. The highest BCUT2D eigenvalue weighted by atomic mass is 32.2. The fraction of sp³-hybridized carbons (Fsp3) is 0.286. The zero-order valence-electron chi connectivity index (χ0n) is 7.25. The molecular weight excluding hydrogens is 208 g/mol. The van der Waals surface area contributed by atoms with Crippen LogP contribution in [0.5, 0.6) is 0 Å². The monoisotopic (exact) mass is 218 g/mol. The molecule has 6 nitrogen and oxygen atoms in total. The number of hydrogen-bond donors (Lipinski definition) is 2. The summed E-state index contributed by atoms with van der Waals surface area (Å²) in [6.45, 7) is 0. The number of carboxylic acid groups (broad SMARTS) is 1. The molecule has 1 aromatic rings. The lowest BCUT2D eigenvalue weighted by molar-refractivity contribution is -0.136. The number of nitrogens with zero attached hydrogens (tertiary/aromatic N) is 1. The molecule has 0 saturated carbocycles. The highest BCUT2D eigenvalue weighted by Crippen LogP contribution is 1.94. The molecule has 1 rings (SSSR count). The van der Waals surface area contributed by atoms with Crippen molar-refractivity contribution in [3.8, 4) is 0 Å². The highest BCUT2D eigenvalue weighted by molar-refractivity contribution is 7.92. The molecule has 2 N–H and O–H groups in total. The number of sulfonamides is 1. The number of aliphatic carboxylic acids is 1. The van der Waals surface area contributed by atoms with Gasteiger partial charge in [0.2, 0.25) is 10.0 Å². The first-order valence-corrected chi connectivity index (χ1v) is 5.50. The van der Waals surface area contributed by atoms with Crippen LogP contribution in [0.15, 0.2) is 24.5 Å². The van der Waals surface area contributed by atoms with Crippen LogP contribution in [0, 0.1) is 0 Å². The number of hydrogen-bond acceptors (Lipinski definition) is 3.